The average Bonchev–Trinajstić information content (AvgIpc) is 1.97. The monoisotopic (exact) mass is 160 g/mol. The first-order chi connectivity index (χ1) is 5.20. The topological polar surface area (TPSA) is 75.3 Å². The largest absolute Gasteiger partial charge is 0.465 e. The van der Waals surface area contributed by atoms with Crippen LogP contribution in [-0.4, -0.2) is 23.8 Å². The van der Waals surface area contributed by atoms with E-state index in [4.69, 9.17) is 10.8 Å². The zero-order valence-corrected chi connectivity index (χ0v) is 6.84. The summed E-state index contributed by atoms with van der Waals surface area (Å²) in [6.45, 7) is 2.45. The summed E-state index contributed by atoms with van der Waals surface area (Å²) in [6.07, 6.45) is 1.93. The highest BCUT2D eigenvalue weighted by atomic mass is 16.4. The number of rotatable bonds is 5. The highest BCUT2D eigenvalue weighted by Crippen LogP contribution is 1.98. The van der Waals surface area contributed by atoms with Gasteiger partial charge >= 0.3 is 6.09 Å². The van der Waals surface area contributed by atoms with E-state index >= 15 is 0 Å². The second kappa shape index (κ2) is 5.97. The molecule has 0 aliphatic carbocycles. The number of nitrogens with two attached hydrogens (primary N) is 1. The molecule has 0 unspecified atom stereocenters. The summed E-state index contributed by atoms with van der Waals surface area (Å²) >= 11 is 0. The van der Waals surface area contributed by atoms with Crippen molar-refractivity contribution in [2.75, 3.05) is 6.54 Å². The number of nitrogens with one attached hydrogen (secondary N) is 1. The van der Waals surface area contributed by atoms with Gasteiger partial charge in [-0.05, 0) is 6.42 Å². The van der Waals surface area contributed by atoms with Crippen LogP contribution < -0.4 is 11.1 Å². The van der Waals surface area contributed by atoms with Crippen LogP contribution in [0.15, 0.2) is 0 Å². The van der Waals surface area contributed by atoms with E-state index in [-0.39, 0.29) is 6.04 Å². The van der Waals surface area contributed by atoms with Gasteiger partial charge in [-0.1, -0.05) is 19.8 Å². The summed E-state index contributed by atoms with van der Waals surface area (Å²) in [7, 11) is 0. The summed E-state index contributed by atoms with van der Waals surface area (Å²) < 4.78 is 0. The Morgan fingerprint density at radius 3 is 2.73 bits per heavy atom. The maximum atomic E-state index is 10.2. The third-order valence-electron chi connectivity index (χ3n) is 1.52. The van der Waals surface area contributed by atoms with Crippen molar-refractivity contribution in [1.29, 1.82) is 0 Å². The van der Waals surface area contributed by atoms with Gasteiger partial charge in [-0.25, -0.2) is 4.79 Å². The zero-order chi connectivity index (χ0) is 8.69. The molecule has 4 N–H and O–H groups in total. The number of amides is 1. The SMILES string of the molecule is CCCC[C@H](CN)NC(=O)O. The summed E-state index contributed by atoms with van der Waals surface area (Å²) in [6, 6.07) is -0.0764. The average molecular weight is 160 g/mol. The van der Waals surface area contributed by atoms with Crippen molar-refractivity contribution in [3.63, 3.8) is 0 Å². The molecular formula is C7H16N2O2. The Kier molecular flexibility index (Phi) is 5.56. The van der Waals surface area contributed by atoms with Crippen LogP contribution in [-0.2, 0) is 0 Å². The number of carboxylic acid groups (broad SMARTS) is 1. The fraction of sp³-hybridized carbons (Fsp3) is 0.857. The van der Waals surface area contributed by atoms with E-state index < -0.39 is 6.09 Å². The Morgan fingerprint density at radius 2 is 2.36 bits per heavy atom. The van der Waals surface area contributed by atoms with E-state index in [1.165, 1.54) is 0 Å². The van der Waals surface area contributed by atoms with E-state index in [1.807, 2.05) is 0 Å². The number of hydrogen-bond donors (Lipinski definition) is 3. The standard InChI is InChI=1S/C7H16N2O2/c1-2-3-4-6(5-8)9-7(10)11/h6,9H,2-5,8H2,1H3,(H,10,11)/t6-/m1/s1. The van der Waals surface area contributed by atoms with E-state index in [2.05, 4.69) is 12.2 Å². The van der Waals surface area contributed by atoms with Crippen molar-refractivity contribution in [2.45, 2.75) is 32.2 Å². The molecule has 0 heterocycles. The van der Waals surface area contributed by atoms with E-state index in [0.717, 1.165) is 19.3 Å². The molecule has 0 aliphatic heterocycles. The maximum absolute atomic E-state index is 10.2. The Balaban J connectivity index is 3.49. The smallest absolute Gasteiger partial charge is 0.404 e. The first-order valence-corrected chi connectivity index (χ1v) is 3.90. The molecule has 0 fully saturated rings. The molecule has 0 aromatic heterocycles. The Bertz CT molecular complexity index is 117. The van der Waals surface area contributed by atoms with Crippen LogP contribution in [0, 0.1) is 0 Å². The lowest BCUT2D eigenvalue weighted by atomic mass is 10.1. The van der Waals surface area contributed by atoms with Crippen LogP contribution in [0.2, 0.25) is 0 Å². The first kappa shape index (κ1) is 10.2. The normalized spacial score (nSPS) is 12.5. The van der Waals surface area contributed by atoms with Crippen LogP contribution in [0.5, 0.6) is 0 Å². The van der Waals surface area contributed by atoms with Gasteiger partial charge in [-0.3, -0.25) is 0 Å². The van der Waals surface area contributed by atoms with Gasteiger partial charge in [-0.2, -0.15) is 0 Å². The Morgan fingerprint density at radius 1 is 1.73 bits per heavy atom. The van der Waals surface area contributed by atoms with Crippen LogP contribution in [0.3, 0.4) is 0 Å². The second-order valence-electron chi connectivity index (χ2n) is 2.52. The van der Waals surface area contributed by atoms with Gasteiger partial charge in [0.15, 0.2) is 0 Å². The fourth-order valence-electron chi connectivity index (χ4n) is 0.874. The van der Waals surface area contributed by atoms with Crippen molar-refractivity contribution in [3.8, 4) is 0 Å². The summed E-state index contributed by atoms with van der Waals surface area (Å²) in [5.74, 6) is 0. The Labute approximate surface area is 66.8 Å². The molecule has 0 saturated heterocycles. The van der Waals surface area contributed by atoms with Crippen molar-refractivity contribution < 1.29 is 9.90 Å². The van der Waals surface area contributed by atoms with Crippen LogP contribution >= 0.6 is 0 Å². The molecule has 1 atom stereocenters. The molecular weight excluding hydrogens is 144 g/mol. The molecule has 0 rings (SSSR count). The van der Waals surface area contributed by atoms with E-state index in [9.17, 15) is 4.79 Å². The van der Waals surface area contributed by atoms with Crippen molar-refractivity contribution in [2.24, 2.45) is 5.73 Å². The number of carbonyl (C=O) groups is 1. The van der Waals surface area contributed by atoms with Gasteiger partial charge in [0.1, 0.15) is 0 Å². The fourth-order valence-corrected chi connectivity index (χ4v) is 0.874. The van der Waals surface area contributed by atoms with Gasteiger partial charge in [0.25, 0.3) is 0 Å². The third-order valence-corrected chi connectivity index (χ3v) is 1.52. The van der Waals surface area contributed by atoms with Crippen molar-refractivity contribution >= 4 is 6.09 Å². The maximum Gasteiger partial charge on any atom is 0.404 e. The first-order valence-electron chi connectivity index (χ1n) is 3.90. The van der Waals surface area contributed by atoms with E-state index in [0.29, 0.717) is 6.54 Å². The Hall–Kier alpha value is -0.770. The third kappa shape index (κ3) is 5.66. The number of unbranched alkanes of at least 4 members (excludes halogenated alkanes) is 1. The summed E-state index contributed by atoms with van der Waals surface area (Å²) in [4.78, 5) is 10.2. The highest BCUT2D eigenvalue weighted by Gasteiger charge is 2.07. The molecule has 0 aromatic rings. The minimum absolute atomic E-state index is 0.0764. The molecule has 66 valence electrons. The number of hydrogen-bond acceptors (Lipinski definition) is 2. The van der Waals surface area contributed by atoms with Gasteiger partial charge in [-0.15, -0.1) is 0 Å². The zero-order valence-electron chi connectivity index (χ0n) is 6.84. The van der Waals surface area contributed by atoms with Crippen LogP contribution in [0.25, 0.3) is 0 Å². The molecule has 4 heteroatoms. The lowest BCUT2D eigenvalue weighted by molar-refractivity contribution is 0.189. The van der Waals surface area contributed by atoms with Gasteiger partial charge in [0.05, 0.1) is 0 Å². The lowest BCUT2D eigenvalue weighted by Crippen LogP contribution is -2.39. The van der Waals surface area contributed by atoms with Gasteiger partial charge in [0, 0.05) is 12.6 Å². The highest BCUT2D eigenvalue weighted by molar-refractivity contribution is 5.64. The molecule has 0 aromatic carbocycles. The minimum Gasteiger partial charge on any atom is -0.465 e. The molecule has 0 spiro atoms. The molecule has 0 saturated carbocycles. The predicted octanol–water partition coefficient (Wildman–Crippen LogP) is 0.772. The summed E-state index contributed by atoms with van der Waals surface area (Å²) in [5, 5.41) is 10.7. The minimum atomic E-state index is -0.989. The molecule has 11 heavy (non-hydrogen) atoms. The lowest BCUT2D eigenvalue weighted by Gasteiger charge is -2.13. The molecule has 1 amide bonds. The second-order valence-corrected chi connectivity index (χ2v) is 2.52. The van der Waals surface area contributed by atoms with E-state index in [1.54, 1.807) is 0 Å². The molecule has 4 nitrogen and oxygen atoms in total. The quantitative estimate of drug-likeness (QED) is 0.556. The summed E-state index contributed by atoms with van der Waals surface area (Å²) in [5.41, 5.74) is 5.34. The van der Waals surface area contributed by atoms with Crippen molar-refractivity contribution in [1.82, 2.24) is 5.32 Å². The molecule has 0 aliphatic rings. The van der Waals surface area contributed by atoms with Gasteiger partial charge in [0.2, 0.25) is 0 Å². The van der Waals surface area contributed by atoms with Crippen molar-refractivity contribution in [3.05, 3.63) is 0 Å². The molecule has 0 bridgehead atoms. The molecule has 0 radical (unpaired) electrons. The van der Waals surface area contributed by atoms with Gasteiger partial charge < -0.3 is 16.2 Å². The van der Waals surface area contributed by atoms with Crippen LogP contribution in [0.1, 0.15) is 26.2 Å². The van der Waals surface area contributed by atoms with Crippen LogP contribution in [0.4, 0.5) is 4.79 Å². The predicted molar refractivity (Wildman–Crippen MR) is 43.5 cm³/mol.